The first-order valence-electron chi connectivity index (χ1n) is 12.0. The number of carbonyl (C=O) groups is 1. The number of benzene rings is 2. The monoisotopic (exact) mass is 488 g/mol. The van der Waals surface area contributed by atoms with E-state index in [4.69, 9.17) is 10.1 Å². The van der Waals surface area contributed by atoms with Crippen LogP contribution in [0.5, 0.6) is 0 Å². The van der Waals surface area contributed by atoms with Crippen LogP contribution < -0.4 is 10.2 Å². The van der Waals surface area contributed by atoms with E-state index in [0.29, 0.717) is 13.1 Å². The van der Waals surface area contributed by atoms with Crippen molar-refractivity contribution in [2.24, 2.45) is 0 Å². The summed E-state index contributed by atoms with van der Waals surface area (Å²) >= 11 is 1.60. The number of imidazole rings is 1. The van der Waals surface area contributed by atoms with Crippen molar-refractivity contribution >= 4 is 33.2 Å². The quantitative estimate of drug-likeness (QED) is 0.425. The van der Waals surface area contributed by atoms with Gasteiger partial charge in [-0.25, -0.2) is 4.98 Å². The number of anilines is 2. The number of fused-ring (bicyclic) bond motifs is 1. The summed E-state index contributed by atoms with van der Waals surface area (Å²) in [5.74, 6) is 1.01. The molecule has 0 atom stereocenters. The van der Waals surface area contributed by atoms with Crippen molar-refractivity contribution in [1.82, 2.24) is 19.5 Å². The summed E-state index contributed by atoms with van der Waals surface area (Å²) in [5, 5.41) is 9.54. The Morgan fingerprint density at radius 3 is 2.43 bits per heavy atom. The van der Waals surface area contributed by atoms with Crippen molar-refractivity contribution in [3.8, 4) is 11.3 Å². The number of aryl methyl sites for hydroxylation is 2. The number of nitrogens with one attached hydrogen (secondary N) is 1. The van der Waals surface area contributed by atoms with E-state index in [2.05, 4.69) is 50.0 Å². The van der Waals surface area contributed by atoms with Gasteiger partial charge in [-0.2, -0.15) is 4.52 Å². The summed E-state index contributed by atoms with van der Waals surface area (Å²) in [7, 11) is 0. The Hall–Kier alpha value is -3.39. The lowest BCUT2D eigenvalue weighted by Gasteiger charge is -2.34. The van der Waals surface area contributed by atoms with Gasteiger partial charge in [0.05, 0.1) is 0 Å². The van der Waals surface area contributed by atoms with Crippen molar-refractivity contribution < 1.29 is 4.79 Å². The first-order chi connectivity index (χ1) is 16.7. The van der Waals surface area contributed by atoms with Gasteiger partial charge < -0.3 is 15.1 Å². The lowest BCUT2D eigenvalue weighted by Crippen LogP contribution is -2.48. The fourth-order valence-electron chi connectivity index (χ4n) is 4.42. The number of hydrogen-bond donors (Lipinski definition) is 1. The van der Waals surface area contributed by atoms with Gasteiger partial charge in [-0.15, -0.1) is 5.10 Å². The van der Waals surface area contributed by atoms with Gasteiger partial charge in [-0.1, -0.05) is 53.3 Å². The Labute approximate surface area is 210 Å². The topological polar surface area (TPSA) is 65.8 Å². The smallest absolute Gasteiger partial charge is 0.253 e. The normalized spacial score (nSPS) is 14.5. The van der Waals surface area contributed by atoms with Crippen LogP contribution in [0.2, 0.25) is 0 Å². The molecule has 1 fully saturated rings. The van der Waals surface area contributed by atoms with Crippen LogP contribution in [0.3, 0.4) is 0 Å². The number of amides is 1. The number of rotatable bonds is 4. The third-order valence-corrected chi connectivity index (χ3v) is 7.16. The fraction of sp³-hybridized carbons (Fsp3) is 0.370. The summed E-state index contributed by atoms with van der Waals surface area (Å²) in [6.45, 7) is 13.4. The van der Waals surface area contributed by atoms with E-state index in [1.807, 2.05) is 52.7 Å². The molecule has 35 heavy (non-hydrogen) atoms. The molecule has 2 aromatic heterocycles. The third kappa shape index (κ3) is 4.75. The maximum atomic E-state index is 12.9. The second-order valence-electron chi connectivity index (χ2n) is 10.2. The molecule has 1 aliphatic rings. The molecule has 1 aliphatic heterocycles. The molecular formula is C27H32N6OS. The van der Waals surface area contributed by atoms with Gasteiger partial charge in [-0.05, 0) is 52.3 Å². The van der Waals surface area contributed by atoms with E-state index in [1.54, 1.807) is 11.3 Å². The molecule has 0 spiro atoms. The van der Waals surface area contributed by atoms with Crippen molar-refractivity contribution in [2.45, 2.75) is 40.2 Å². The van der Waals surface area contributed by atoms with Gasteiger partial charge in [0.25, 0.3) is 5.91 Å². The first kappa shape index (κ1) is 23.4. The minimum Gasteiger partial charge on any atom is -0.364 e. The predicted octanol–water partition coefficient (Wildman–Crippen LogP) is 5.25. The molecule has 1 amide bonds. The lowest BCUT2D eigenvalue weighted by atomic mass is 10.0. The molecule has 0 radical (unpaired) electrons. The lowest BCUT2D eigenvalue weighted by molar-refractivity contribution is 0.0746. The van der Waals surface area contributed by atoms with E-state index >= 15 is 0 Å². The van der Waals surface area contributed by atoms with Crippen LogP contribution in [0.1, 0.15) is 42.3 Å². The van der Waals surface area contributed by atoms with E-state index in [-0.39, 0.29) is 11.4 Å². The van der Waals surface area contributed by atoms with Crippen molar-refractivity contribution in [3.05, 3.63) is 65.2 Å². The van der Waals surface area contributed by atoms with Gasteiger partial charge in [0, 0.05) is 42.8 Å². The number of piperazine rings is 1. The Morgan fingerprint density at radius 1 is 1.00 bits per heavy atom. The highest BCUT2D eigenvalue weighted by atomic mass is 32.1. The molecule has 1 saturated heterocycles. The molecule has 0 aliphatic carbocycles. The van der Waals surface area contributed by atoms with Gasteiger partial charge in [0.15, 0.2) is 5.82 Å². The van der Waals surface area contributed by atoms with Crippen LogP contribution in [0.25, 0.3) is 16.2 Å². The van der Waals surface area contributed by atoms with E-state index < -0.39 is 0 Å². The number of nitrogens with zero attached hydrogens (tertiary/aromatic N) is 5. The molecule has 3 heterocycles. The van der Waals surface area contributed by atoms with Crippen LogP contribution in [-0.2, 0) is 0 Å². The van der Waals surface area contributed by atoms with Gasteiger partial charge >= 0.3 is 0 Å². The molecule has 7 nitrogen and oxygen atoms in total. The Bertz CT molecular complexity index is 1370. The minimum atomic E-state index is -0.140. The van der Waals surface area contributed by atoms with Crippen LogP contribution >= 0.6 is 11.3 Å². The molecular weight excluding hydrogens is 456 g/mol. The maximum Gasteiger partial charge on any atom is 0.253 e. The molecule has 5 rings (SSSR count). The Balaban J connectivity index is 1.39. The van der Waals surface area contributed by atoms with Gasteiger partial charge in [0.1, 0.15) is 5.69 Å². The summed E-state index contributed by atoms with van der Waals surface area (Å²) in [5.41, 5.74) is 4.94. The highest BCUT2D eigenvalue weighted by Gasteiger charge is 2.27. The molecule has 0 saturated carbocycles. The average molecular weight is 489 g/mol. The second-order valence-corrected chi connectivity index (χ2v) is 11.2. The number of hydrogen-bond acceptors (Lipinski definition) is 6. The largest absolute Gasteiger partial charge is 0.364 e. The van der Waals surface area contributed by atoms with Crippen LogP contribution in [0.15, 0.2) is 48.5 Å². The van der Waals surface area contributed by atoms with E-state index in [1.165, 1.54) is 5.56 Å². The van der Waals surface area contributed by atoms with Gasteiger partial charge in [-0.3, -0.25) is 4.79 Å². The van der Waals surface area contributed by atoms with Crippen LogP contribution in [0.4, 0.5) is 10.9 Å². The first-order valence-corrected chi connectivity index (χ1v) is 12.9. The highest BCUT2D eigenvalue weighted by Crippen LogP contribution is 2.36. The highest BCUT2D eigenvalue weighted by molar-refractivity contribution is 7.20. The second kappa shape index (κ2) is 9.00. The molecule has 4 aromatic rings. The zero-order valence-corrected chi connectivity index (χ0v) is 21.8. The van der Waals surface area contributed by atoms with Crippen LogP contribution in [0, 0.1) is 13.8 Å². The number of carbonyl (C=O) groups excluding carboxylic acids is 1. The predicted molar refractivity (Wildman–Crippen MR) is 144 cm³/mol. The zero-order chi connectivity index (χ0) is 24.7. The standard InChI is InChI=1S/C27H32N6OS/c1-18-9-8-11-20(17-18)24(34)31-13-15-32(16-14-31)26-30-33-23(29-27(3,4)5)22(28-25(33)35-26)21-12-7-6-10-19(21)2/h6-12,17,29H,13-16H2,1-5H3. The average Bonchev–Trinajstić information content (AvgIpc) is 3.37. The third-order valence-electron chi connectivity index (χ3n) is 6.19. The summed E-state index contributed by atoms with van der Waals surface area (Å²) in [6.07, 6.45) is 0. The summed E-state index contributed by atoms with van der Waals surface area (Å²) < 4.78 is 1.94. The maximum absolute atomic E-state index is 12.9. The Kier molecular flexibility index (Phi) is 6.01. The molecule has 182 valence electrons. The number of aromatic nitrogens is 3. The Morgan fingerprint density at radius 2 is 1.74 bits per heavy atom. The molecule has 0 unspecified atom stereocenters. The van der Waals surface area contributed by atoms with Crippen molar-refractivity contribution in [2.75, 3.05) is 36.4 Å². The van der Waals surface area contributed by atoms with Crippen molar-refractivity contribution in [1.29, 1.82) is 0 Å². The summed E-state index contributed by atoms with van der Waals surface area (Å²) in [6, 6.07) is 16.1. The molecule has 1 N–H and O–H groups in total. The molecule has 8 heteroatoms. The van der Waals surface area contributed by atoms with Crippen LogP contribution in [-0.4, -0.2) is 57.1 Å². The fourth-order valence-corrected chi connectivity index (χ4v) is 5.37. The summed E-state index contributed by atoms with van der Waals surface area (Å²) in [4.78, 5) is 23.0. The minimum absolute atomic E-state index is 0.0989. The molecule has 0 bridgehead atoms. The molecule has 2 aromatic carbocycles. The van der Waals surface area contributed by atoms with Gasteiger partial charge in [0.2, 0.25) is 10.1 Å². The van der Waals surface area contributed by atoms with Crippen molar-refractivity contribution in [3.63, 3.8) is 0 Å². The van der Waals surface area contributed by atoms with E-state index in [9.17, 15) is 4.79 Å². The zero-order valence-electron chi connectivity index (χ0n) is 21.0. The van der Waals surface area contributed by atoms with E-state index in [0.717, 1.165) is 51.4 Å². The SMILES string of the molecule is Cc1cccc(C(=O)N2CCN(c3nn4c(NC(C)(C)C)c(-c5ccccc5C)nc4s3)CC2)c1.